The number of amides is 9. The summed E-state index contributed by atoms with van der Waals surface area (Å²) in [7, 11) is 5.43. The second-order valence-electron chi connectivity index (χ2n) is 21.4. The molecule has 458 valence electrons. The number of urea groups is 3. The lowest BCUT2D eigenvalue weighted by Crippen LogP contribution is -2.48. The van der Waals surface area contributed by atoms with Crippen molar-refractivity contribution in [1.29, 1.82) is 0 Å². The maximum absolute atomic E-state index is 12.7. The van der Waals surface area contributed by atoms with Crippen LogP contribution in [0.2, 0.25) is 13.0 Å². The van der Waals surface area contributed by atoms with E-state index >= 15 is 0 Å². The van der Waals surface area contributed by atoms with Crippen LogP contribution in [0.15, 0.2) is 158 Å². The molecule has 0 radical (unpaired) electrons. The number of carbonyl (C=O) groups excluding carboxylic acids is 6. The Morgan fingerprint density at radius 3 is 1.05 bits per heavy atom. The van der Waals surface area contributed by atoms with E-state index in [-0.39, 0.29) is 53.9 Å². The summed E-state index contributed by atoms with van der Waals surface area (Å²) in [6.07, 6.45) is 11.1. The molecule has 8 heterocycles. The van der Waals surface area contributed by atoms with E-state index in [1.165, 1.54) is 34.0 Å². The monoisotopic (exact) mass is 1300 g/mol. The number of thiophene rings is 3. The smallest absolute Gasteiger partial charge is 0.321 e. The number of likely N-dealkylation sites (tertiary alicyclic amines) is 3. The largest absolute Gasteiger partial charge is 0.343 e. The van der Waals surface area contributed by atoms with Crippen LogP contribution in [0.5, 0.6) is 0 Å². The molecule has 3 aliphatic rings. The van der Waals surface area contributed by atoms with E-state index < -0.39 is 0 Å². The van der Waals surface area contributed by atoms with Crippen LogP contribution in [-0.4, -0.2) is 154 Å². The van der Waals surface area contributed by atoms with Crippen molar-refractivity contribution in [2.75, 3.05) is 76.4 Å². The van der Waals surface area contributed by atoms with Gasteiger partial charge in [0.2, 0.25) is 5.91 Å². The summed E-state index contributed by atoms with van der Waals surface area (Å²) >= 11 is 22.6. The first-order chi connectivity index (χ1) is 42.5. The third-order valence-corrected chi connectivity index (χ3v) is 19.7. The van der Waals surface area contributed by atoms with Crippen LogP contribution in [0, 0.1) is 0 Å². The van der Waals surface area contributed by atoms with E-state index in [1.807, 2.05) is 138 Å². The molecule has 0 aliphatic carbocycles. The van der Waals surface area contributed by atoms with Gasteiger partial charge in [0.25, 0.3) is 11.8 Å². The van der Waals surface area contributed by atoms with Gasteiger partial charge in [-0.25, -0.2) is 14.4 Å². The van der Waals surface area contributed by atoms with Crippen LogP contribution in [0.25, 0.3) is 31.3 Å². The summed E-state index contributed by atoms with van der Waals surface area (Å²) in [4.78, 5) is 96.5. The normalized spacial score (nSPS) is 14.5. The van der Waals surface area contributed by atoms with Gasteiger partial charge in [0, 0.05) is 148 Å². The zero-order valence-electron chi connectivity index (χ0n) is 49.1. The van der Waals surface area contributed by atoms with Gasteiger partial charge < -0.3 is 45.3 Å². The predicted octanol–water partition coefficient (Wildman–Crippen LogP) is 15.0. The topological polar surface area (TPSA) is 184 Å². The van der Waals surface area contributed by atoms with E-state index in [1.54, 1.807) is 77.7 Å². The van der Waals surface area contributed by atoms with Crippen molar-refractivity contribution in [2.45, 2.75) is 63.6 Å². The number of aromatic nitrogens is 2. The summed E-state index contributed by atoms with van der Waals surface area (Å²) in [6.45, 7) is 5.49. The van der Waals surface area contributed by atoms with Crippen LogP contribution < -0.4 is 16.0 Å². The van der Waals surface area contributed by atoms with Gasteiger partial charge in [0.1, 0.15) is 0 Å². The number of carbonyl (C=O) groups is 6. The minimum Gasteiger partial charge on any atom is -0.343 e. The SMILES string of the molecule is CC(=O)N1CCC(N(C)C(=O)Nc2ccc(-c3ccc(Cl)s3)cc2)CC1.CN(C(=O)Nc1ccc(-c2ccc(Cl)s2)cc1)C1CCN(C(=O)c2cccnc2)CC1.CN(C(=O)Nc1ccc(-c2ccc(Cl)s2)cc1)C1CCN(C(=O)c2ccncc2)CC1. The molecule has 3 fully saturated rings. The highest BCUT2D eigenvalue weighted by molar-refractivity contribution is 7.20. The lowest BCUT2D eigenvalue weighted by Gasteiger charge is -2.36. The summed E-state index contributed by atoms with van der Waals surface area (Å²) in [5.74, 6) is 0.105. The minimum absolute atomic E-state index is 0.00854. The van der Waals surface area contributed by atoms with E-state index in [4.69, 9.17) is 34.8 Å². The zero-order chi connectivity index (χ0) is 62.3. The first kappa shape index (κ1) is 64.6. The molecular weight excluding hydrogens is 1230 g/mol. The molecule has 11 rings (SSSR count). The molecule has 0 saturated carbocycles. The molecule has 3 aromatic carbocycles. The Morgan fingerprint density at radius 2 is 0.750 bits per heavy atom. The van der Waals surface area contributed by atoms with Gasteiger partial charge >= 0.3 is 18.1 Å². The third-order valence-electron chi connectivity index (χ3n) is 15.8. The van der Waals surface area contributed by atoms with Crippen molar-refractivity contribution in [2.24, 2.45) is 0 Å². The van der Waals surface area contributed by atoms with Crippen molar-refractivity contribution in [3.05, 3.63) is 182 Å². The number of anilines is 3. The van der Waals surface area contributed by atoms with E-state index in [9.17, 15) is 28.8 Å². The lowest BCUT2D eigenvalue weighted by atomic mass is 10.0. The summed E-state index contributed by atoms with van der Waals surface area (Å²) < 4.78 is 2.26. The van der Waals surface area contributed by atoms with E-state index in [0.29, 0.717) is 50.4 Å². The Bertz CT molecular complexity index is 3460. The molecule has 88 heavy (non-hydrogen) atoms. The predicted molar refractivity (Wildman–Crippen MR) is 356 cm³/mol. The molecule has 0 atom stereocenters. The minimum atomic E-state index is -0.149. The van der Waals surface area contributed by atoms with Gasteiger partial charge in [-0.3, -0.25) is 24.4 Å². The van der Waals surface area contributed by atoms with Gasteiger partial charge in [-0.2, -0.15) is 0 Å². The lowest BCUT2D eigenvalue weighted by molar-refractivity contribution is -0.130. The first-order valence-corrected chi connectivity index (χ1v) is 32.4. The van der Waals surface area contributed by atoms with Crippen LogP contribution in [0.4, 0.5) is 31.4 Å². The van der Waals surface area contributed by atoms with Crippen LogP contribution >= 0.6 is 68.8 Å². The fourth-order valence-corrected chi connectivity index (χ4v) is 13.7. The summed E-state index contributed by atoms with van der Waals surface area (Å²) in [5.41, 5.74) is 6.69. The van der Waals surface area contributed by atoms with Crippen molar-refractivity contribution in [3.8, 4) is 31.3 Å². The van der Waals surface area contributed by atoms with Gasteiger partial charge in [-0.05, 0) is 152 Å². The fourth-order valence-electron chi connectivity index (χ4n) is 10.5. The van der Waals surface area contributed by atoms with Gasteiger partial charge in [-0.15, -0.1) is 34.0 Å². The summed E-state index contributed by atoms with van der Waals surface area (Å²) in [5, 5.41) is 8.86. The van der Waals surface area contributed by atoms with Crippen molar-refractivity contribution >= 4 is 122 Å². The molecule has 8 aromatic rings. The number of benzene rings is 3. The van der Waals surface area contributed by atoms with Crippen LogP contribution in [0.1, 0.15) is 66.2 Å². The molecular formula is C65H68Cl3N11O6S3. The molecule has 17 nitrogen and oxygen atoms in total. The van der Waals surface area contributed by atoms with Gasteiger partial charge in [-0.1, -0.05) is 71.2 Å². The number of pyridine rings is 2. The third kappa shape index (κ3) is 17.5. The van der Waals surface area contributed by atoms with E-state index in [2.05, 4.69) is 25.9 Å². The number of hydrogen-bond acceptors (Lipinski definition) is 11. The highest BCUT2D eigenvalue weighted by Gasteiger charge is 2.31. The Morgan fingerprint density at radius 1 is 0.420 bits per heavy atom. The second-order valence-corrected chi connectivity index (χ2v) is 26.6. The average Bonchev–Trinajstić information content (AvgIpc) is 4.32. The van der Waals surface area contributed by atoms with Crippen LogP contribution in [0.3, 0.4) is 0 Å². The van der Waals surface area contributed by atoms with Crippen molar-refractivity contribution in [3.63, 3.8) is 0 Å². The highest BCUT2D eigenvalue weighted by atomic mass is 35.5. The molecule has 3 N–H and O–H groups in total. The number of rotatable bonds is 11. The number of halogens is 3. The molecule has 23 heteroatoms. The van der Waals surface area contributed by atoms with Gasteiger partial charge in [0.05, 0.1) is 18.6 Å². The van der Waals surface area contributed by atoms with Gasteiger partial charge in [0.15, 0.2) is 0 Å². The quantitative estimate of drug-likeness (QED) is 0.114. The molecule has 0 spiro atoms. The Hall–Kier alpha value is -7.85. The number of piperidine rings is 3. The fraction of sp³-hybridized carbons (Fsp3) is 0.292. The average molecular weight is 1300 g/mol. The first-order valence-electron chi connectivity index (χ1n) is 28.8. The zero-order valence-corrected chi connectivity index (χ0v) is 53.8. The standard InChI is InChI=1S/2C23H23ClN4O2S.C19H22ClN3O2S/c1-27(19-10-14-28(15-11-19)22(29)17-8-12-25-13-9-17)23(30)26-18-4-2-16(3-5-18)20-6-7-21(24)31-20;1-27(19-10-13-28(14-11-19)22(29)17-3-2-12-25-15-17)23(30)26-18-6-4-16(5-7-18)20-8-9-21(24)31-20;1-13(24)23-11-9-16(10-12-23)22(2)19(25)21-15-5-3-14(4-6-15)17-7-8-18(20)26-17/h2-9,12-13,19H,10-11,14-15H2,1H3,(H,26,30);2-9,12,15,19H,10-11,13-14H2,1H3,(H,26,30);3-8,16H,9-12H2,1-2H3,(H,21,25). The molecule has 5 aromatic heterocycles. The Labute approximate surface area is 539 Å². The van der Waals surface area contributed by atoms with Crippen molar-refractivity contribution < 1.29 is 28.8 Å². The molecule has 3 aliphatic heterocycles. The summed E-state index contributed by atoms with van der Waals surface area (Å²) in [6, 6.07) is 41.7. The molecule has 0 unspecified atom stereocenters. The Kier molecular flexibility index (Phi) is 22.7. The molecule has 3 saturated heterocycles. The van der Waals surface area contributed by atoms with Crippen LogP contribution in [-0.2, 0) is 4.79 Å². The van der Waals surface area contributed by atoms with Crippen molar-refractivity contribution in [1.82, 2.24) is 39.4 Å². The molecule has 9 amide bonds. The Balaban J connectivity index is 0.000000158. The second kappa shape index (κ2) is 30.9. The van der Waals surface area contributed by atoms with E-state index in [0.717, 1.165) is 99.9 Å². The molecule has 0 bridgehead atoms. The number of nitrogens with one attached hydrogen (secondary N) is 3. The number of hydrogen-bond donors (Lipinski definition) is 3. The maximum atomic E-state index is 12.7. The maximum Gasteiger partial charge on any atom is 0.321 e. The number of nitrogens with zero attached hydrogens (tertiary/aromatic N) is 8. The highest BCUT2D eigenvalue weighted by Crippen LogP contribution is 2.35.